The van der Waals surface area contributed by atoms with E-state index in [0.717, 1.165) is 12.2 Å². The van der Waals surface area contributed by atoms with Crippen molar-refractivity contribution in [1.82, 2.24) is 10.2 Å². The second-order valence-electron chi connectivity index (χ2n) is 5.16. The van der Waals surface area contributed by atoms with Crippen LogP contribution in [0.4, 0.5) is 4.79 Å². The van der Waals surface area contributed by atoms with Crippen molar-refractivity contribution in [2.45, 2.75) is 51.4 Å². The molecule has 0 aromatic rings. The molecule has 0 bridgehead atoms. The van der Waals surface area contributed by atoms with Gasteiger partial charge in [-0.25, -0.2) is 9.59 Å². The highest BCUT2D eigenvalue weighted by Gasteiger charge is 2.32. The van der Waals surface area contributed by atoms with Gasteiger partial charge in [0.15, 0.2) is 0 Å². The van der Waals surface area contributed by atoms with E-state index >= 15 is 0 Å². The Morgan fingerprint density at radius 1 is 1.47 bits per heavy atom. The predicted octanol–water partition coefficient (Wildman–Crippen LogP) is 2.02. The zero-order valence-electron chi connectivity index (χ0n) is 12.0. The first-order chi connectivity index (χ1) is 8.88. The number of nitrogens with zero attached hydrogens (tertiary/aromatic N) is 1. The number of urea groups is 1. The molecule has 19 heavy (non-hydrogen) atoms. The molecule has 2 amide bonds. The first-order valence-electron chi connectivity index (χ1n) is 6.80. The lowest BCUT2D eigenvalue weighted by molar-refractivity contribution is -0.140. The first kappa shape index (κ1) is 16.1. The van der Waals surface area contributed by atoms with E-state index in [1.807, 2.05) is 32.5 Å². The molecule has 1 aliphatic heterocycles. The van der Waals surface area contributed by atoms with E-state index in [4.69, 9.17) is 0 Å². The lowest BCUT2D eigenvalue weighted by Crippen LogP contribution is -2.56. The van der Waals surface area contributed by atoms with Crippen LogP contribution >= 0.6 is 11.8 Å². The summed E-state index contributed by atoms with van der Waals surface area (Å²) in [7, 11) is 0. The number of thioether (sulfide) groups is 1. The standard InChI is InChI=1S/C13H24N2O3S/c1-5-8(2)11(12(16)17)14-13(18)15-6-7-19-10(4)9(15)3/h8-11H,5-7H2,1-4H3,(H,14,18)(H,16,17)/t8-,9?,10?,11-/m0/s1. The van der Waals surface area contributed by atoms with Gasteiger partial charge in [-0.2, -0.15) is 11.8 Å². The number of rotatable bonds is 4. The van der Waals surface area contributed by atoms with Gasteiger partial charge in [-0.05, 0) is 12.8 Å². The van der Waals surface area contributed by atoms with Crippen LogP contribution in [-0.4, -0.2) is 51.6 Å². The van der Waals surface area contributed by atoms with Crippen molar-refractivity contribution in [1.29, 1.82) is 0 Å². The van der Waals surface area contributed by atoms with Crippen LogP contribution in [0.15, 0.2) is 0 Å². The van der Waals surface area contributed by atoms with Crippen molar-refractivity contribution in [3.8, 4) is 0 Å². The molecular weight excluding hydrogens is 264 g/mol. The molecule has 0 aromatic carbocycles. The summed E-state index contributed by atoms with van der Waals surface area (Å²) >= 11 is 1.85. The molecule has 0 saturated carbocycles. The Hall–Kier alpha value is -0.910. The number of hydrogen-bond acceptors (Lipinski definition) is 3. The zero-order chi connectivity index (χ0) is 14.6. The van der Waals surface area contributed by atoms with Crippen molar-refractivity contribution < 1.29 is 14.7 Å². The largest absolute Gasteiger partial charge is 0.480 e. The van der Waals surface area contributed by atoms with E-state index in [9.17, 15) is 14.7 Å². The summed E-state index contributed by atoms with van der Waals surface area (Å²) in [6.45, 7) is 8.55. The fourth-order valence-corrected chi connectivity index (χ4v) is 3.22. The molecule has 4 atom stereocenters. The normalized spacial score (nSPS) is 26.6. The lowest BCUT2D eigenvalue weighted by Gasteiger charge is -2.38. The van der Waals surface area contributed by atoms with Crippen LogP contribution in [0.25, 0.3) is 0 Å². The highest BCUT2D eigenvalue weighted by molar-refractivity contribution is 8.00. The van der Waals surface area contributed by atoms with Gasteiger partial charge in [0.1, 0.15) is 6.04 Å². The maximum atomic E-state index is 12.2. The average molecular weight is 288 g/mol. The van der Waals surface area contributed by atoms with Gasteiger partial charge in [-0.1, -0.05) is 27.2 Å². The molecule has 1 heterocycles. The summed E-state index contributed by atoms with van der Waals surface area (Å²) in [6.07, 6.45) is 0.721. The Morgan fingerprint density at radius 3 is 2.63 bits per heavy atom. The zero-order valence-corrected chi connectivity index (χ0v) is 12.9. The fourth-order valence-electron chi connectivity index (χ4n) is 2.12. The van der Waals surface area contributed by atoms with Crippen molar-refractivity contribution in [2.24, 2.45) is 5.92 Å². The van der Waals surface area contributed by atoms with Gasteiger partial charge in [-0.15, -0.1) is 0 Å². The van der Waals surface area contributed by atoms with Gasteiger partial charge in [0.2, 0.25) is 0 Å². The van der Waals surface area contributed by atoms with E-state index in [2.05, 4.69) is 12.2 Å². The minimum atomic E-state index is -0.963. The third-order valence-electron chi connectivity index (χ3n) is 3.90. The van der Waals surface area contributed by atoms with Gasteiger partial charge in [-0.3, -0.25) is 0 Å². The summed E-state index contributed by atoms with van der Waals surface area (Å²) in [5.74, 6) is -0.136. The molecule has 0 radical (unpaired) electrons. The second-order valence-corrected chi connectivity index (χ2v) is 6.65. The lowest BCUT2D eigenvalue weighted by atomic mass is 9.99. The average Bonchev–Trinajstić information content (AvgIpc) is 2.37. The van der Waals surface area contributed by atoms with Crippen LogP contribution in [0, 0.1) is 5.92 Å². The Bertz CT molecular complexity index is 338. The number of nitrogens with one attached hydrogen (secondary N) is 1. The maximum absolute atomic E-state index is 12.2. The number of carbonyl (C=O) groups excluding carboxylic acids is 1. The number of carboxylic acid groups (broad SMARTS) is 1. The predicted molar refractivity (Wildman–Crippen MR) is 77.5 cm³/mol. The second kappa shape index (κ2) is 7.03. The molecule has 5 nitrogen and oxygen atoms in total. The molecule has 6 heteroatoms. The molecule has 1 rings (SSSR count). The van der Waals surface area contributed by atoms with E-state index in [-0.39, 0.29) is 18.0 Å². The highest BCUT2D eigenvalue weighted by atomic mass is 32.2. The van der Waals surface area contributed by atoms with Gasteiger partial charge in [0.05, 0.1) is 0 Å². The van der Waals surface area contributed by atoms with Crippen molar-refractivity contribution in [2.75, 3.05) is 12.3 Å². The first-order valence-corrected chi connectivity index (χ1v) is 7.84. The number of amides is 2. The topological polar surface area (TPSA) is 69.6 Å². The summed E-state index contributed by atoms with van der Waals surface area (Å²) in [4.78, 5) is 25.2. The van der Waals surface area contributed by atoms with Gasteiger partial charge in [0.25, 0.3) is 0 Å². The Kier molecular flexibility index (Phi) is 5.97. The molecule has 1 aliphatic rings. The van der Waals surface area contributed by atoms with Crippen LogP contribution in [0.3, 0.4) is 0 Å². The van der Waals surface area contributed by atoms with Crippen molar-refractivity contribution >= 4 is 23.8 Å². The Morgan fingerprint density at radius 2 is 2.11 bits per heavy atom. The quantitative estimate of drug-likeness (QED) is 0.830. The van der Waals surface area contributed by atoms with Crippen LogP contribution in [0.2, 0.25) is 0 Å². The monoisotopic (exact) mass is 288 g/mol. The molecule has 1 saturated heterocycles. The third-order valence-corrected chi connectivity index (χ3v) is 5.24. The Balaban J connectivity index is 2.68. The minimum absolute atomic E-state index is 0.0756. The SMILES string of the molecule is CC[C@H](C)[C@H](NC(=O)N1CCSC(C)C1C)C(=O)O. The van der Waals surface area contributed by atoms with E-state index in [1.165, 1.54) is 0 Å². The fraction of sp³-hybridized carbons (Fsp3) is 0.846. The van der Waals surface area contributed by atoms with E-state index < -0.39 is 12.0 Å². The Labute approximate surface area is 119 Å². The van der Waals surface area contributed by atoms with Crippen LogP contribution < -0.4 is 5.32 Å². The smallest absolute Gasteiger partial charge is 0.326 e. The van der Waals surface area contributed by atoms with Gasteiger partial charge >= 0.3 is 12.0 Å². The van der Waals surface area contributed by atoms with Crippen molar-refractivity contribution in [3.63, 3.8) is 0 Å². The van der Waals surface area contributed by atoms with Crippen LogP contribution in [0.5, 0.6) is 0 Å². The summed E-state index contributed by atoms with van der Waals surface area (Å²) in [5.41, 5.74) is 0. The summed E-state index contributed by atoms with van der Waals surface area (Å²) < 4.78 is 0. The molecule has 1 fully saturated rings. The van der Waals surface area contributed by atoms with Crippen LogP contribution in [0.1, 0.15) is 34.1 Å². The molecule has 2 N–H and O–H groups in total. The van der Waals surface area contributed by atoms with E-state index in [1.54, 1.807) is 4.90 Å². The third kappa shape index (κ3) is 4.03. The van der Waals surface area contributed by atoms with Crippen molar-refractivity contribution in [3.05, 3.63) is 0 Å². The molecule has 2 unspecified atom stereocenters. The van der Waals surface area contributed by atoms with Crippen LogP contribution in [-0.2, 0) is 4.79 Å². The van der Waals surface area contributed by atoms with E-state index in [0.29, 0.717) is 11.8 Å². The number of carboxylic acids is 1. The molecule has 0 aromatic heterocycles. The molecule has 0 spiro atoms. The molecule has 110 valence electrons. The summed E-state index contributed by atoms with van der Waals surface area (Å²) in [6, 6.07) is -0.938. The maximum Gasteiger partial charge on any atom is 0.326 e. The highest BCUT2D eigenvalue weighted by Crippen LogP contribution is 2.24. The van der Waals surface area contributed by atoms with Gasteiger partial charge < -0.3 is 15.3 Å². The number of carbonyl (C=O) groups is 2. The number of aliphatic carboxylic acids is 1. The van der Waals surface area contributed by atoms with Gasteiger partial charge in [0, 0.05) is 23.6 Å². The molecule has 0 aliphatic carbocycles. The summed E-state index contributed by atoms with van der Waals surface area (Å²) in [5, 5.41) is 12.2. The molecular formula is C13H24N2O3S. The number of hydrogen-bond donors (Lipinski definition) is 2. The minimum Gasteiger partial charge on any atom is -0.480 e.